The summed E-state index contributed by atoms with van der Waals surface area (Å²) in [6.45, 7) is 0.439. The molecule has 3 rings (SSSR count). The van der Waals surface area contributed by atoms with Crippen LogP contribution >= 0.6 is 24.0 Å². The monoisotopic (exact) mass is 403 g/mol. The van der Waals surface area contributed by atoms with Crippen molar-refractivity contribution >= 4 is 40.3 Å². The summed E-state index contributed by atoms with van der Waals surface area (Å²) in [5.41, 5.74) is 1.37. The van der Waals surface area contributed by atoms with Crippen LogP contribution in [0.4, 0.5) is 4.39 Å². The second-order valence-electron chi connectivity index (χ2n) is 5.79. The number of amides is 1. The quantitative estimate of drug-likeness (QED) is 0.532. The van der Waals surface area contributed by atoms with E-state index in [4.69, 9.17) is 21.7 Å². The zero-order chi connectivity index (χ0) is 19.4. The van der Waals surface area contributed by atoms with Crippen LogP contribution in [0.15, 0.2) is 47.4 Å². The number of hydrogen-bond acceptors (Lipinski definition) is 5. The van der Waals surface area contributed by atoms with Gasteiger partial charge in [0.15, 0.2) is 11.5 Å². The highest BCUT2D eigenvalue weighted by Crippen LogP contribution is 2.33. The van der Waals surface area contributed by atoms with Gasteiger partial charge in [0, 0.05) is 12.1 Å². The van der Waals surface area contributed by atoms with Crippen LogP contribution in [0.1, 0.15) is 11.1 Å². The number of thioether (sulfide) groups is 1. The van der Waals surface area contributed by atoms with Crippen LogP contribution in [0.5, 0.6) is 11.5 Å². The number of nitrogens with zero attached hydrogens (tertiary/aromatic N) is 1. The molecule has 2 aromatic carbocycles. The Morgan fingerprint density at radius 1 is 1.15 bits per heavy atom. The number of carbonyl (C=O) groups excluding carboxylic acids is 1. The zero-order valence-corrected chi connectivity index (χ0v) is 16.5. The fourth-order valence-corrected chi connectivity index (χ4v) is 4.00. The molecule has 0 atom stereocenters. The molecule has 2 aromatic rings. The van der Waals surface area contributed by atoms with Crippen LogP contribution in [0.3, 0.4) is 0 Å². The Kier molecular flexibility index (Phi) is 6.13. The van der Waals surface area contributed by atoms with E-state index in [1.807, 2.05) is 18.2 Å². The van der Waals surface area contributed by atoms with Crippen molar-refractivity contribution in [2.24, 2.45) is 0 Å². The first-order chi connectivity index (χ1) is 13.0. The van der Waals surface area contributed by atoms with Gasteiger partial charge in [0.1, 0.15) is 10.1 Å². The minimum atomic E-state index is -0.368. The van der Waals surface area contributed by atoms with Gasteiger partial charge >= 0.3 is 0 Å². The minimum absolute atomic E-state index is 0.200. The Hall–Kier alpha value is -2.38. The number of benzene rings is 2. The largest absolute Gasteiger partial charge is 0.493 e. The summed E-state index contributed by atoms with van der Waals surface area (Å²) in [4.78, 5) is 14.6. The number of rotatable bonds is 6. The van der Waals surface area contributed by atoms with Crippen molar-refractivity contribution in [1.29, 1.82) is 0 Å². The summed E-state index contributed by atoms with van der Waals surface area (Å²) in [5.74, 6) is 0.723. The molecule has 1 aliphatic rings. The Morgan fingerprint density at radius 2 is 1.89 bits per heavy atom. The van der Waals surface area contributed by atoms with Gasteiger partial charge in [-0.3, -0.25) is 9.69 Å². The van der Waals surface area contributed by atoms with Crippen molar-refractivity contribution in [1.82, 2.24) is 4.90 Å². The Labute approximate surface area is 167 Å². The van der Waals surface area contributed by atoms with Crippen molar-refractivity contribution in [3.8, 4) is 11.5 Å². The average Bonchev–Trinajstić information content (AvgIpc) is 2.94. The molecule has 1 amide bonds. The summed E-state index contributed by atoms with van der Waals surface area (Å²) in [7, 11) is 3.16. The molecule has 0 unspecified atom stereocenters. The number of thiocarbonyl (C=S) groups is 1. The highest BCUT2D eigenvalue weighted by atomic mass is 32.2. The SMILES string of the molecule is COc1ccc(CCN2C(=O)/C(=C\c3ccccc3F)SC2=S)cc1OC. The Bertz CT molecular complexity index is 914. The van der Waals surface area contributed by atoms with Crippen molar-refractivity contribution in [2.75, 3.05) is 20.8 Å². The molecule has 7 heteroatoms. The molecule has 1 fully saturated rings. The number of carbonyl (C=O) groups is 1. The van der Waals surface area contributed by atoms with E-state index in [1.165, 1.54) is 17.8 Å². The van der Waals surface area contributed by atoms with Crippen LogP contribution in [0.2, 0.25) is 0 Å². The molecule has 0 aliphatic carbocycles. The van der Waals surface area contributed by atoms with Crippen LogP contribution in [-0.4, -0.2) is 35.9 Å². The third-order valence-electron chi connectivity index (χ3n) is 4.14. The molecule has 1 heterocycles. The van der Waals surface area contributed by atoms with Crippen LogP contribution in [0.25, 0.3) is 6.08 Å². The van der Waals surface area contributed by atoms with Gasteiger partial charge in [-0.25, -0.2) is 4.39 Å². The molecule has 1 saturated heterocycles. The minimum Gasteiger partial charge on any atom is -0.493 e. The van der Waals surface area contributed by atoms with Gasteiger partial charge in [-0.15, -0.1) is 0 Å². The molecule has 0 radical (unpaired) electrons. The van der Waals surface area contributed by atoms with Gasteiger partial charge < -0.3 is 9.47 Å². The molecule has 0 aromatic heterocycles. The van der Waals surface area contributed by atoms with Gasteiger partial charge in [0.05, 0.1) is 19.1 Å². The summed E-state index contributed by atoms with van der Waals surface area (Å²) in [6, 6.07) is 12.0. The second kappa shape index (κ2) is 8.54. The van der Waals surface area contributed by atoms with Crippen molar-refractivity contribution < 1.29 is 18.7 Å². The van der Waals surface area contributed by atoms with Gasteiger partial charge in [-0.2, -0.15) is 0 Å². The maximum Gasteiger partial charge on any atom is 0.266 e. The van der Waals surface area contributed by atoms with Crippen LogP contribution in [-0.2, 0) is 11.2 Å². The fourth-order valence-electron chi connectivity index (χ4n) is 2.70. The lowest BCUT2D eigenvalue weighted by atomic mass is 10.1. The highest BCUT2D eigenvalue weighted by Gasteiger charge is 2.31. The summed E-state index contributed by atoms with van der Waals surface area (Å²) in [6.07, 6.45) is 2.16. The predicted molar refractivity (Wildman–Crippen MR) is 110 cm³/mol. The maximum absolute atomic E-state index is 13.8. The lowest BCUT2D eigenvalue weighted by molar-refractivity contribution is -0.122. The number of ether oxygens (including phenoxy) is 2. The van der Waals surface area contributed by atoms with E-state index in [-0.39, 0.29) is 11.7 Å². The predicted octanol–water partition coefficient (Wildman–Crippen LogP) is 4.29. The molecule has 27 heavy (non-hydrogen) atoms. The van der Waals surface area contributed by atoms with E-state index >= 15 is 0 Å². The molecular weight excluding hydrogens is 385 g/mol. The van der Waals surface area contributed by atoms with Gasteiger partial charge in [-0.05, 0) is 36.3 Å². The lowest BCUT2D eigenvalue weighted by Crippen LogP contribution is -2.30. The van der Waals surface area contributed by atoms with E-state index in [0.29, 0.717) is 39.3 Å². The maximum atomic E-state index is 13.8. The first kappa shape index (κ1) is 19.4. The number of halogens is 1. The van der Waals surface area contributed by atoms with E-state index < -0.39 is 0 Å². The van der Waals surface area contributed by atoms with Gasteiger partial charge in [0.25, 0.3) is 5.91 Å². The second-order valence-corrected chi connectivity index (χ2v) is 7.47. The molecule has 0 spiro atoms. The molecule has 1 aliphatic heterocycles. The first-order valence-corrected chi connectivity index (χ1v) is 9.46. The first-order valence-electron chi connectivity index (χ1n) is 8.24. The number of hydrogen-bond donors (Lipinski definition) is 0. The normalized spacial score (nSPS) is 15.5. The fraction of sp³-hybridized carbons (Fsp3) is 0.200. The molecule has 0 saturated carbocycles. The topological polar surface area (TPSA) is 38.8 Å². The van der Waals surface area contributed by atoms with Crippen molar-refractivity contribution in [3.63, 3.8) is 0 Å². The molecule has 140 valence electrons. The van der Waals surface area contributed by atoms with Crippen LogP contribution < -0.4 is 9.47 Å². The van der Waals surface area contributed by atoms with Gasteiger partial charge in [-0.1, -0.05) is 48.2 Å². The van der Waals surface area contributed by atoms with Crippen molar-refractivity contribution in [3.05, 3.63) is 64.3 Å². The molecular formula is C20H18FNO3S2. The standard InChI is InChI=1S/C20H18FNO3S2/c1-24-16-8-7-13(11-17(16)25-2)9-10-22-19(23)18(27-20(22)26)12-14-5-3-4-6-15(14)21/h3-8,11-12H,9-10H2,1-2H3/b18-12+. The highest BCUT2D eigenvalue weighted by molar-refractivity contribution is 8.26. The van der Waals surface area contributed by atoms with E-state index in [9.17, 15) is 9.18 Å². The van der Waals surface area contributed by atoms with Gasteiger partial charge in [0.2, 0.25) is 0 Å². The van der Waals surface area contributed by atoms with Crippen LogP contribution in [0, 0.1) is 5.82 Å². The molecule has 4 nitrogen and oxygen atoms in total. The molecule has 0 N–H and O–H groups in total. The Balaban J connectivity index is 1.72. The summed E-state index contributed by atoms with van der Waals surface area (Å²) >= 11 is 6.53. The number of methoxy groups -OCH3 is 2. The van der Waals surface area contributed by atoms with E-state index in [2.05, 4.69) is 0 Å². The Morgan fingerprint density at radius 3 is 2.59 bits per heavy atom. The third-order valence-corrected chi connectivity index (χ3v) is 5.52. The average molecular weight is 404 g/mol. The smallest absolute Gasteiger partial charge is 0.266 e. The third kappa shape index (κ3) is 4.31. The summed E-state index contributed by atoms with van der Waals surface area (Å²) < 4.78 is 24.8. The van der Waals surface area contributed by atoms with E-state index in [0.717, 1.165) is 5.56 Å². The lowest BCUT2D eigenvalue weighted by Gasteiger charge is -2.15. The van der Waals surface area contributed by atoms with Crippen molar-refractivity contribution in [2.45, 2.75) is 6.42 Å². The zero-order valence-electron chi connectivity index (χ0n) is 14.9. The van der Waals surface area contributed by atoms with E-state index in [1.54, 1.807) is 43.4 Å². The molecule has 0 bridgehead atoms. The summed E-state index contributed by atoms with van der Waals surface area (Å²) in [5, 5.41) is 0.